The van der Waals surface area contributed by atoms with E-state index in [1.54, 1.807) is 11.3 Å². The molecule has 0 spiro atoms. The van der Waals surface area contributed by atoms with Crippen LogP contribution in [0.15, 0.2) is 29.6 Å². The van der Waals surface area contributed by atoms with E-state index < -0.39 is 0 Å². The summed E-state index contributed by atoms with van der Waals surface area (Å²) in [6, 6.07) is 7.44. The van der Waals surface area contributed by atoms with E-state index in [0.29, 0.717) is 12.3 Å². The Kier molecular flexibility index (Phi) is 3.57. The Bertz CT molecular complexity index is 529. The molecule has 0 fully saturated rings. The summed E-state index contributed by atoms with van der Waals surface area (Å²) in [5, 5.41) is 3.08. The van der Waals surface area contributed by atoms with Crippen molar-refractivity contribution in [2.45, 2.75) is 32.8 Å². The van der Waals surface area contributed by atoms with Crippen LogP contribution >= 0.6 is 11.3 Å². The summed E-state index contributed by atoms with van der Waals surface area (Å²) >= 11 is 1.63. The molecule has 0 amide bonds. The highest BCUT2D eigenvalue weighted by Crippen LogP contribution is 2.24. The van der Waals surface area contributed by atoms with Crippen LogP contribution in [0.5, 0.6) is 5.75 Å². The van der Waals surface area contributed by atoms with Gasteiger partial charge in [0, 0.05) is 22.5 Å². The van der Waals surface area contributed by atoms with Crippen molar-refractivity contribution in [3.63, 3.8) is 0 Å². The van der Waals surface area contributed by atoms with E-state index in [2.05, 4.69) is 31.1 Å². The highest BCUT2D eigenvalue weighted by Gasteiger charge is 2.17. The molecule has 1 heterocycles. The van der Waals surface area contributed by atoms with Crippen LogP contribution in [0, 0.1) is 0 Å². The standard InChI is InChI=1S/C14H18N2OS/c1-14(2,3)12-9-18-13(16-12)8-17-11-6-4-5-10(15)7-11/h4-7,9H,8,15H2,1-3H3. The normalized spacial score (nSPS) is 11.5. The van der Waals surface area contributed by atoms with Gasteiger partial charge < -0.3 is 10.5 Å². The first kappa shape index (κ1) is 12.9. The topological polar surface area (TPSA) is 48.1 Å². The predicted molar refractivity (Wildman–Crippen MR) is 76.0 cm³/mol. The molecule has 0 atom stereocenters. The summed E-state index contributed by atoms with van der Waals surface area (Å²) in [6.45, 7) is 6.96. The van der Waals surface area contributed by atoms with Gasteiger partial charge >= 0.3 is 0 Å². The number of ether oxygens (including phenoxy) is 1. The molecule has 0 radical (unpaired) electrons. The molecule has 0 bridgehead atoms. The maximum Gasteiger partial charge on any atom is 0.140 e. The highest BCUT2D eigenvalue weighted by molar-refractivity contribution is 7.09. The number of anilines is 1. The van der Waals surface area contributed by atoms with Gasteiger partial charge in [0.2, 0.25) is 0 Å². The van der Waals surface area contributed by atoms with Crippen LogP contribution in [0.3, 0.4) is 0 Å². The Morgan fingerprint density at radius 2 is 2.11 bits per heavy atom. The lowest BCUT2D eigenvalue weighted by Gasteiger charge is -2.14. The predicted octanol–water partition coefficient (Wildman–Crippen LogP) is 3.60. The molecule has 0 aliphatic heterocycles. The van der Waals surface area contributed by atoms with E-state index in [4.69, 9.17) is 10.5 Å². The minimum atomic E-state index is 0.0892. The number of nitrogens with two attached hydrogens (primary N) is 1. The molecule has 0 unspecified atom stereocenters. The van der Waals surface area contributed by atoms with Crippen LogP contribution in [0.1, 0.15) is 31.5 Å². The second kappa shape index (κ2) is 4.98. The van der Waals surface area contributed by atoms with Crippen LogP contribution in [-0.2, 0) is 12.0 Å². The van der Waals surface area contributed by atoms with Gasteiger partial charge in [-0.15, -0.1) is 11.3 Å². The number of nitrogens with zero attached hydrogens (tertiary/aromatic N) is 1. The number of thiazole rings is 1. The third kappa shape index (κ3) is 3.23. The van der Waals surface area contributed by atoms with Crippen LogP contribution in [-0.4, -0.2) is 4.98 Å². The Morgan fingerprint density at radius 1 is 1.33 bits per heavy atom. The molecule has 0 aliphatic carbocycles. The third-order valence-corrected chi connectivity index (χ3v) is 3.36. The minimum absolute atomic E-state index is 0.0892. The van der Waals surface area contributed by atoms with Gasteiger partial charge in [-0.05, 0) is 12.1 Å². The Labute approximate surface area is 112 Å². The maximum absolute atomic E-state index is 5.70. The number of nitrogen functional groups attached to an aromatic ring is 1. The zero-order chi connectivity index (χ0) is 13.2. The van der Waals surface area contributed by atoms with Gasteiger partial charge in [-0.1, -0.05) is 26.8 Å². The molecule has 0 saturated carbocycles. The Morgan fingerprint density at radius 3 is 2.72 bits per heavy atom. The zero-order valence-corrected chi connectivity index (χ0v) is 11.8. The van der Waals surface area contributed by atoms with Crippen LogP contribution in [0.25, 0.3) is 0 Å². The monoisotopic (exact) mass is 262 g/mol. The summed E-state index contributed by atoms with van der Waals surface area (Å²) < 4.78 is 5.67. The van der Waals surface area contributed by atoms with E-state index in [9.17, 15) is 0 Å². The van der Waals surface area contributed by atoms with Crippen molar-refractivity contribution in [1.82, 2.24) is 4.98 Å². The number of aromatic nitrogens is 1. The molecule has 0 aliphatic rings. The lowest BCUT2D eigenvalue weighted by Crippen LogP contribution is -2.11. The van der Waals surface area contributed by atoms with Crippen molar-refractivity contribution in [3.05, 3.63) is 40.3 Å². The van der Waals surface area contributed by atoms with Gasteiger partial charge in [0.15, 0.2) is 0 Å². The fourth-order valence-electron chi connectivity index (χ4n) is 1.47. The lowest BCUT2D eigenvalue weighted by atomic mass is 9.93. The summed E-state index contributed by atoms with van der Waals surface area (Å²) in [5.41, 5.74) is 7.61. The van der Waals surface area contributed by atoms with Gasteiger partial charge in [0.1, 0.15) is 17.4 Å². The van der Waals surface area contributed by atoms with Crippen molar-refractivity contribution in [3.8, 4) is 5.75 Å². The Balaban J connectivity index is 2.01. The first-order chi connectivity index (χ1) is 8.45. The first-order valence-electron chi connectivity index (χ1n) is 5.88. The molecule has 4 heteroatoms. The van der Waals surface area contributed by atoms with Crippen molar-refractivity contribution >= 4 is 17.0 Å². The summed E-state index contributed by atoms with van der Waals surface area (Å²) in [6.07, 6.45) is 0. The molecule has 1 aromatic carbocycles. The van der Waals surface area contributed by atoms with Gasteiger partial charge in [-0.3, -0.25) is 0 Å². The van der Waals surface area contributed by atoms with Crippen LogP contribution < -0.4 is 10.5 Å². The molecular formula is C14H18N2OS. The molecule has 3 nitrogen and oxygen atoms in total. The van der Waals surface area contributed by atoms with Crippen LogP contribution in [0.4, 0.5) is 5.69 Å². The first-order valence-corrected chi connectivity index (χ1v) is 6.76. The quantitative estimate of drug-likeness (QED) is 0.860. The van der Waals surface area contributed by atoms with E-state index in [1.165, 1.54) is 0 Å². The fraction of sp³-hybridized carbons (Fsp3) is 0.357. The molecule has 1 aromatic heterocycles. The number of benzene rings is 1. The summed E-state index contributed by atoms with van der Waals surface area (Å²) in [4.78, 5) is 4.58. The number of hydrogen-bond acceptors (Lipinski definition) is 4. The van der Waals surface area contributed by atoms with Gasteiger partial charge in [-0.25, -0.2) is 4.98 Å². The maximum atomic E-state index is 5.70. The SMILES string of the molecule is CC(C)(C)c1csc(COc2cccc(N)c2)n1. The average Bonchev–Trinajstić information content (AvgIpc) is 2.74. The van der Waals surface area contributed by atoms with Gasteiger partial charge in [-0.2, -0.15) is 0 Å². The fourth-order valence-corrected chi connectivity index (χ4v) is 2.40. The van der Waals surface area contributed by atoms with Gasteiger partial charge in [0.25, 0.3) is 0 Å². The Hall–Kier alpha value is -1.55. The third-order valence-electron chi connectivity index (χ3n) is 2.54. The van der Waals surface area contributed by atoms with Crippen LogP contribution in [0.2, 0.25) is 0 Å². The number of hydrogen-bond donors (Lipinski definition) is 1. The van der Waals surface area contributed by atoms with E-state index in [-0.39, 0.29) is 5.41 Å². The van der Waals surface area contributed by atoms with Crippen molar-refractivity contribution in [1.29, 1.82) is 0 Å². The molecule has 96 valence electrons. The molecule has 2 N–H and O–H groups in total. The average molecular weight is 262 g/mol. The molecule has 18 heavy (non-hydrogen) atoms. The van der Waals surface area contributed by atoms with E-state index >= 15 is 0 Å². The molecule has 2 aromatic rings. The molecule has 2 rings (SSSR count). The zero-order valence-electron chi connectivity index (χ0n) is 10.9. The number of rotatable bonds is 3. The van der Waals surface area contributed by atoms with Crippen molar-refractivity contribution < 1.29 is 4.74 Å². The second-order valence-electron chi connectivity index (χ2n) is 5.24. The minimum Gasteiger partial charge on any atom is -0.486 e. The smallest absolute Gasteiger partial charge is 0.140 e. The van der Waals surface area contributed by atoms with E-state index in [1.807, 2.05) is 24.3 Å². The highest BCUT2D eigenvalue weighted by atomic mass is 32.1. The van der Waals surface area contributed by atoms with Gasteiger partial charge in [0.05, 0.1) is 5.69 Å². The summed E-state index contributed by atoms with van der Waals surface area (Å²) in [7, 11) is 0. The lowest BCUT2D eigenvalue weighted by molar-refractivity contribution is 0.305. The molecular weight excluding hydrogens is 244 g/mol. The second-order valence-corrected chi connectivity index (χ2v) is 6.18. The van der Waals surface area contributed by atoms with E-state index in [0.717, 1.165) is 16.5 Å². The molecule has 0 saturated heterocycles. The summed E-state index contributed by atoms with van der Waals surface area (Å²) in [5.74, 6) is 0.780. The largest absolute Gasteiger partial charge is 0.486 e. The van der Waals surface area contributed by atoms with Crippen molar-refractivity contribution in [2.24, 2.45) is 0 Å². The van der Waals surface area contributed by atoms with Crippen molar-refractivity contribution in [2.75, 3.05) is 5.73 Å².